The van der Waals surface area contributed by atoms with Gasteiger partial charge in [-0.15, -0.1) is 0 Å². The first kappa shape index (κ1) is 67.1. The van der Waals surface area contributed by atoms with Crippen LogP contribution in [0.25, 0.3) is 0 Å². The Hall–Kier alpha value is -5.95. The van der Waals surface area contributed by atoms with E-state index < -0.39 is 119 Å². The molecule has 0 aromatic rings. The Morgan fingerprint density at radius 3 is 1.37 bits per heavy atom. The molecule has 10 amide bonds. The highest BCUT2D eigenvalue weighted by atomic mass is 16.4. The summed E-state index contributed by atoms with van der Waals surface area (Å²) in [6, 6.07) is -10.9. The van der Waals surface area contributed by atoms with Gasteiger partial charge in [-0.1, -0.05) is 61.8 Å². The van der Waals surface area contributed by atoms with E-state index >= 15 is 0 Å². The third-order valence-corrected chi connectivity index (χ3v) is 13.1. The van der Waals surface area contributed by atoms with E-state index in [-0.39, 0.29) is 81.6 Å². The number of unbranched alkanes of at least 4 members (excludes halogenated alkanes) is 2. The summed E-state index contributed by atoms with van der Waals surface area (Å²) in [6.07, 6.45) is 2.29. The number of likely N-dealkylation sites (tertiary alicyclic amines) is 1. The predicted molar refractivity (Wildman–Crippen MR) is 280 cm³/mol. The zero-order valence-electron chi connectivity index (χ0n) is 45.5. The highest BCUT2D eigenvalue weighted by Gasteiger charge is 2.40. The summed E-state index contributed by atoms with van der Waals surface area (Å²) >= 11 is 0. The highest BCUT2D eigenvalue weighted by Crippen LogP contribution is 2.21. The van der Waals surface area contributed by atoms with Crippen LogP contribution in [0.1, 0.15) is 152 Å². The smallest absolute Gasteiger partial charge is 0.326 e. The Kier molecular flexibility index (Phi) is 30.9. The molecule has 18 N–H and O–H groups in total. The average Bonchev–Trinajstić information content (AvgIpc) is 3.83. The molecule has 0 saturated carbocycles. The number of amides is 10. The summed E-state index contributed by atoms with van der Waals surface area (Å²) in [7, 11) is 0. The van der Waals surface area contributed by atoms with Crippen molar-refractivity contribution in [1.29, 1.82) is 0 Å². The SMILES string of the molecule is CC[C@H](C)[C@H](N)C(=O)N1CCC[C@H]1C(=O)N[C@@H](CCCCN)C(=O)N[C@H](C(=O)N[C@@H](CCC(N)=O)C(=O)N[C@@H](CCCCN)C(=O)N[C@@H](CC(C)C)C(=O)N[C@@H](CC(C)C)C(=O)N[C@@H](CCC(N)=O)C(=O)O)C(C)C. The number of carbonyl (C=O) groups excluding carboxylic acids is 10. The maximum Gasteiger partial charge on any atom is 0.326 e. The number of carboxylic acids is 1. The molecule has 0 spiro atoms. The molecule has 1 heterocycles. The largest absolute Gasteiger partial charge is 0.480 e. The summed E-state index contributed by atoms with van der Waals surface area (Å²) in [6.45, 7) is 15.1. The van der Waals surface area contributed by atoms with Crippen molar-refractivity contribution in [3.63, 3.8) is 0 Å². The molecule has 1 aliphatic rings. The number of primary amides is 2. The fourth-order valence-corrected chi connectivity index (χ4v) is 8.43. The van der Waals surface area contributed by atoms with Crippen LogP contribution in [-0.2, 0) is 52.7 Å². The van der Waals surface area contributed by atoms with E-state index in [1.54, 1.807) is 41.5 Å². The molecule has 0 aromatic carbocycles. The second kappa shape index (κ2) is 34.6. The average molecular weight is 1070 g/mol. The quantitative estimate of drug-likeness (QED) is 0.0311. The van der Waals surface area contributed by atoms with Gasteiger partial charge >= 0.3 is 5.97 Å². The highest BCUT2D eigenvalue weighted by molar-refractivity contribution is 5.98. The van der Waals surface area contributed by atoms with Crippen molar-refractivity contribution in [1.82, 2.24) is 42.1 Å². The van der Waals surface area contributed by atoms with Crippen LogP contribution in [0.3, 0.4) is 0 Å². The number of nitrogens with two attached hydrogens (primary N) is 5. The van der Waals surface area contributed by atoms with E-state index in [4.69, 9.17) is 28.7 Å². The van der Waals surface area contributed by atoms with Gasteiger partial charge in [-0.3, -0.25) is 47.9 Å². The van der Waals surface area contributed by atoms with Crippen LogP contribution in [0.2, 0.25) is 0 Å². The van der Waals surface area contributed by atoms with Crippen molar-refractivity contribution in [3.05, 3.63) is 0 Å². The second-order valence-corrected chi connectivity index (χ2v) is 20.9. The molecular formula is C50H91N13O12. The van der Waals surface area contributed by atoms with Crippen LogP contribution in [-0.4, -0.2) is 149 Å². The van der Waals surface area contributed by atoms with Gasteiger partial charge in [-0.25, -0.2) is 4.79 Å². The molecule has 75 heavy (non-hydrogen) atoms. The zero-order chi connectivity index (χ0) is 57.1. The van der Waals surface area contributed by atoms with Crippen molar-refractivity contribution in [2.24, 2.45) is 52.3 Å². The van der Waals surface area contributed by atoms with Crippen molar-refractivity contribution >= 4 is 65.0 Å². The first-order valence-corrected chi connectivity index (χ1v) is 26.6. The lowest BCUT2D eigenvalue weighted by Crippen LogP contribution is -2.61. The molecule has 1 rings (SSSR count). The van der Waals surface area contributed by atoms with Gasteiger partial charge in [0.15, 0.2) is 0 Å². The minimum Gasteiger partial charge on any atom is -0.480 e. The van der Waals surface area contributed by atoms with Gasteiger partial charge < -0.3 is 75.9 Å². The van der Waals surface area contributed by atoms with E-state index in [9.17, 15) is 57.8 Å². The van der Waals surface area contributed by atoms with Crippen molar-refractivity contribution in [2.75, 3.05) is 19.6 Å². The van der Waals surface area contributed by atoms with Crippen LogP contribution in [0.5, 0.6) is 0 Å². The maximum absolute atomic E-state index is 14.2. The molecule has 25 heteroatoms. The normalized spacial score (nSPS) is 17.0. The Bertz CT molecular complexity index is 1920. The van der Waals surface area contributed by atoms with Crippen LogP contribution < -0.4 is 65.9 Å². The standard InChI is InChI=1S/C50H91N13O12/c1-9-30(8)40(55)49(73)63-24-14-17-37(63)47(71)57-32(16-11-13-23-52)44(68)62-41(29(6)7)48(72)58-33(18-20-38(53)64)43(67)56-31(15-10-12-22-51)42(66)60-36(26-28(4)5)46(70)61-35(25-27(2)3)45(69)59-34(50(74)75)19-21-39(54)65/h27-37,40-41H,9-26,51-52,55H2,1-8H3,(H2,53,64)(H2,54,65)(H,56,67)(H,57,71)(H,58,72)(H,59,69)(H,60,66)(H,61,70)(H,62,68)(H,74,75)/t30-,31-,32-,33-,34-,35-,36-,37-,40-,41-/m0/s1. The molecule has 1 aliphatic heterocycles. The number of nitrogens with one attached hydrogen (secondary N) is 7. The Balaban J connectivity index is 3.47. The monoisotopic (exact) mass is 1070 g/mol. The van der Waals surface area contributed by atoms with Crippen molar-refractivity contribution < 1.29 is 57.8 Å². The first-order valence-electron chi connectivity index (χ1n) is 26.6. The van der Waals surface area contributed by atoms with Crippen LogP contribution in [0, 0.1) is 23.7 Å². The van der Waals surface area contributed by atoms with Gasteiger partial charge in [0, 0.05) is 19.4 Å². The topological polar surface area (TPSA) is 426 Å². The molecule has 25 nitrogen and oxygen atoms in total. The lowest BCUT2D eigenvalue weighted by Gasteiger charge is -2.31. The molecule has 0 bridgehead atoms. The molecule has 0 unspecified atom stereocenters. The maximum atomic E-state index is 14.2. The molecule has 1 fully saturated rings. The third kappa shape index (κ3) is 24.5. The fraction of sp³-hybridized carbons (Fsp3) is 0.780. The molecule has 0 radical (unpaired) electrons. The fourth-order valence-electron chi connectivity index (χ4n) is 8.43. The summed E-state index contributed by atoms with van der Waals surface area (Å²) < 4.78 is 0. The molecule has 428 valence electrons. The van der Waals surface area contributed by atoms with E-state index in [1.807, 2.05) is 13.8 Å². The molecule has 10 atom stereocenters. The van der Waals surface area contributed by atoms with E-state index in [2.05, 4.69) is 37.2 Å². The number of hydrogen-bond acceptors (Lipinski definition) is 14. The van der Waals surface area contributed by atoms with Crippen molar-refractivity contribution in [3.8, 4) is 0 Å². The second-order valence-electron chi connectivity index (χ2n) is 20.9. The Morgan fingerprint density at radius 1 is 0.547 bits per heavy atom. The van der Waals surface area contributed by atoms with E-state index in [0.29, 0.717) is 58.0 Å². The molecule has 1 saturated heterocycles. The Morgan fingerprint density at radius 2 is 0.947 bits per heavy atom. The van der Waals surface area contributed by atoms with Crippen molar-refractivity contribution in [2.45, 2.75) is 206 Å². The number of rotatable bonds is 37. The van der Waals surface area contributed by atoms with Gasteiger partial charge in [-0.05, 0) is 114 Å². The minimum atomic E-state index is -1.48. The Labute approximate surface area is 441 Å². The number of carbonyl (C=O) groups is 11. The van der Waals surface area contributed by atoms with E-state index in [1.165, 1.54) is 4.90 Å². The van der Waals surface area contributed by atoms with Gasteiger partial charge in [0.1, 0.15) is 48.3 Å². The number of hydrogen-bond donors (Lipinski definition) is 13. The van der Waals surface area contributed by atoms with Gasteiger partial charge in [0.05, 0.1) is 6.04 Å². The lowest BCUT2D eigenvalue weighted by molar-refractivity contribution is -0.142. The molecule has 0 aliphatic carbocycles. The van der Waals surface area contributed by atoms with Gasteiger partial charge in [0.2, 0.25) is 59.1 Å². The molecule has 0 aromatic heterocycles. The number of nitrogens with zero attached hydrogens (tertiary/aromatic N) is 1. The van der Waals surface area contributed by atoms with Gasteiger partial charge in [-0.2, -0.15) is 0 Å². The zero-order valence-corrected chi connectivity index (χ0v) is 45.5. The first-order chi connectivity index (χ1) is 35.2. The minimum absolute atomic E-state index is 0.0148. The van der Waals surface area contributed by atoms with Crippen LogP contribution >= 0.6 is 0 Å². The van der Waals surface area contributed by atoms with Crippen LogP contribution in [0.4, 0.5) is 0 Å². The van der Waals surface area contributed by atoms with E-state index in [0.717, 1.165) is 0 Å². The number of carboxylic acid groups (broad SMARTS) is 1. The summed E-state index contributed by atoms with van der Waals surface area (Å²) in [5, 5.41) is 28.1. The third-order valence-electron chi connectivity index (χ3n) is 13.1. The predicted octanol–water partition coefficient (Wildman–Crippen LogP) is -1.63. The molecular weight excluding hydrogens is 975 g/mol. The summed E-state index contributed by atoms with van der Waals surface area (Å²) in [5.41, 5.74) is 28.4. The van der Waals surface area contributed by atoms with Crippen LogP contribution in [0.15, 0.2) is 0 Å². The summed E-state index contributed by atoms with van der Waals surface area (Å²) in [4.78, 5) is 148. The number of aliphatic carboxylic acids is 1. The lowest BCUT2D eigenvalue weighted by atomic mass is 9.98. The summed E-state index contributed by atoms with van der Waals surface area (Å²) in [5.74, 6) is -9.84. The van der Waals surface area contributed by atoms with Gasteiger partial charge in [0.25, 0.3) is 0 Å².